The van der Waals surface area contributed by atoms with Crippen LogP contribution in [0.3, 0.4) is 0 Å². The monoisotopic (exact) mass is 327 g/mol. The van der Waals surface area contributed by atoms with Gasteiger partial charge in [0.25, 0.3) is 10.0 Å². The number of nitrogens with two attached hydrogens (primary N) is 1. The van der Waals surface area contributed by atoms with Gasteiger partial charge < -0.3 is 5.73 Å². The number of benzene rings is 1. The molecule has 0 fully saturated rings. The summed E-state index contributed by atoms with van der Waals surface area (Å²) in [6, 6.07) is 9.52. The minimum absolute atomic E-state index is 0.132. The van der Waals surface area contributed by atoms with Gasteiger partial charge in [-0.25, -0.2) is 13.1 Å². The Balaban J connectivity index is 2.27. The van der Waals surface area contributed by atoms with Crippen LogP contribution in [-0.4, -0.2) is 13.3 Å². The molecule has 0 saturated heterocycles. The molecule has 0 aliphatic rings. The Bertz CT molecular complexity index is 756. The van der Waals surface area contributed by atoms with Gasteiger partial charge in [-0.15, -0.1) is 0 Å². The second-order valence-corrected chi connectivity index (χ2v) is 7.35. The highest BCUT2D eigenvalue weighted by molar-refractivity contribution is 7.91. The van der Waals surface area contributed by atoms with Crippen LogP contribution in [0.5, 0.6) is 0 Å². The zero-order chi connectivity index (χ0) is 15.6. The summed E-state index contributed by atoms with van der Waals surface area (Å²) in [7, 11) is -3.86. The minimum atomic E-state index is -3.86. The van der Waals surface area contributed by atoms with Crippen molar-refractivity contribution in [2.45, 2.75) is 17.2 Å². The lowest BCUT2D eigenvalue weighted by Gasteiger charge is -2.13. The number of hydrogen-bond acceptors (Lipinski definition) is 6. The number of nitrogen functional groups attached to an aromatic ring is 1. The Labute approximate surface area is 125 Å². The molecule has 2 rings (SSSR count). The van der Waals surface area contributed by atoms with Crippen LogP contribution in [0.1, 0.15) is 18.5 Å². The fraction of sp³-hybridized carbons (Fsp3) is 0.167. The van der Waals surface area contributed by atoms with E-state index >= 15 is 0 Å². The van der Waals surface area contributed by atoms with Crippen LogP contribution >= 0.6 is 11.3 Å². The summed E-state index contributed by atoms with van der Waals surface area (Å²) in [5.74, 6) is 0. The quantitative estimate of drug-likeness (QED) is 0.645. The first kappa shape index (κ1) is 15.4. The Hall–Kier alpha value is -1.97. The van der Waals surface area contributed by atoms with Crippen molar-refractivity contribution in [1.82, 2.24) is 4.72 Å². The average molecular weight is 327 g/mol. The molecular weight excluding hydrogens is 314 g/mol. The maximum absolute atomic E-state index is 12.2. The molecule has 1 atom stereocenters. The van der Waals surface area contributed by atoms with Crippen molar-refractivity contribution < 1.29 is 13.3 Å². The topological polar surface area (TPSA) is 115 Å². The van der Waals surface area contributed by atoms with Crippen molar-refractivity contribution in [2.24, 2.45) is 0 Å². The van der Waals surface area contributed by atoms with Gasteiger partial charge in [-0.2, -0.15) is 0 Å². The van der Waals surface area contributed by atoms with Crippen LogP contribution in [0, 0.1) is 10.1 Å². The highest BCUT2D eigenvalue weighted by Crippen LogP contribution is 2.34. The number of rotatable bonds is 5. The number of thiophene rings is 1. The fourth-order valence-corrected chi connectivity index (χ4v) is 4.21. The highest BCUT2D eigenvalue weighted by Gasteiger charge is 2.26. The molecule has 0 bridgehead atoms. The van der Waals surface area contributed by atoms with Crippen LogP contribution in [0.2, 0.25) is 0 Å². The average Bonchev–Trinajstić information content (AvgIpc) is 2.82. The summed E-state index contributed by atoms with van der Waals surface area (Å²) in [5, 5.41) is 10.6. The number of nitrogens with zero attached hydrogens (tertiary/aromatic N) is 1. The zero-order valence-electron chi connectivity index (χ0n) is 11.0. The predicted molar refractivity (Wildman–Crippen MR) is 80.6 cm³/mol. The van der Waals surface area contributed by atoms with Gasteiger partial charge in [-0.1, -0.05) is 41.7 Å². The van der Waals surface area contributed by atoms with Crippen molar-refractivity contribution in [3.63, 3.8) is 0 Å². The molecule has 0 amide bonds. The highest BCUT2D eigenvalue weighted by atomic mass is 32.2. The first-order chi connectivity index (χ1) is 9.81. The molecule has 0 aliphatic heterocycles. The van der Waals surface area contributed by atoms with Gasteiger partial charge in [-0.05, 0) is 12.5 Å². The molecule has 0 saturated carbocycles. The third-order valence-corrected chi connectivity index (χ3v) is 5.78. The first-order valence-electron chi connectivity index (χ1n) is 5.92. The van der Waals surface area contributed by atoms with Gasteiger partial charge in [0.15, 0.2) is 5.00 Å². The number of hydrogen-bond donors (Lipinski definition) is 2. The molecule has 1 heterocycles. The number of nitrogens with one attached hydrogen (secondary N) is 1. The normalized spacial score (nSPS) is 13.0. The predicted octanol–water partition coefficient (Wildman–Crippen LogP) is 2.28. The third kappa shape index (κ3) is 3.38. The van der Waals surface area contributed by atoms with Crippen LogP contribution in [0.25, 0.3) is 0 Å². The molecule has 7 nitrogen and oxygen atoms in total. The molecule has 0 spiro atoms. The third-order valence-electron chi connectivity index (χ3n) is 2.81. The number of sulfonamides is 1. The molecule has 1 aromatic carbocycles. The van der Waals surface area contributed by atoms with Crippen molar-refractivity contribution in [2.75, 3.05) is 5.73 Å². The Morgan fingerprint density at radius 1 is 1.33 bits per heavy atom. The smallest absolute Gasteiger partial charge is 0.304 e. The first-order valence-corrected chi connectivity index (χ1v) is 8.22. The maximum Gasteiger partial charge on any atom is 0.304 e. The van der Waals surface area contributed by atoms with Crippen LogP contribution in [-0.2, 0) is 10.0 Å². The standard InChI is InChI=1S/C12H13N3O4S2/c1-8(9-5-3-2-4-6-9)14-21(18,19)11-7-10(15(16)17)12(13)20-11/h2-8,14H,13H2,1H3. The van der Waals surface area contributed by atoms with Crippen molar-refractivity contribution in [1.29, 1.82) is 0 Å². The molecule has 2 aromatic rings. The lowest BCUT2D eigenvalue weighted by Crippen LogP contribution is -2.26. The molecule has 112 valence electrons. The Morgan fingerprint density at radius 3 is 2.48 bits per heavy atom. The molecule has 9 heteroatoms. The second-order valence-electron chi connectivity index (χ2n) is 4.33. The summed E-state index contributed by atoms with van der Waals surface area (Å²) >= 11 is 0.672. The molecule has 0 aliphatic carbocycles. The van der Waals surface area contributed by atoms with Crippen LogP contribution in [0.15, 0.2) is 40.6 Å². The van der Waals surface area contributed by atoms with E-state index in [9.17, 15) is 18.5 Å². The summed E-state index contributed by atoms with van der Waals surface area (Å²) in [6.07, 6.45) is 0. The molecule has 21 heavy (non-hydrogen) atoms. The second kappa shape index (κ2) is 5.80. The van der Waals surface area contributed by atoms with E-state index in [1.165, 1.54) is 0 Å². The van der Waals surface area contributed by atoms with E-state index in [1.54, 1.807) is 31.2 Å². The largest absolute Gasteiger partial charge is 0.385 e. The van der Waals surface area contributed by atoms with Gasteiger partial charge in [-0.3, -0.25) is 10.1 Å². The van der Waals surface area contributed by atoms with E-state index in [-0.39, 0.29) is 9.21 Å². The van der Waals surface area contributed by atoms with E-state index in [4.69, 9.17) is 5.73 Å². The van der Waals surface area contributed by atoms with Gasteiger partial charge in [0.05, 0.1) is 4.92 Å². The summed E-state index contributed by atoms with van der Waals surface area (Å²) in [5.41, 5.74) is 5.86. The molecule has 0 radical (unpaired) electrons. The SMILES string of the molecule is CC(NS(=O)(=O)c1cc([N+](=O)[O-])c(N)s1)c1ccccc1. The van der Waals surface area contributed by atoms with Crippen molar-refractivity contribution >= 4 is 32.0 Å². The van der Waals surface area contributed by atoms with E-state index in [0.29, 0.717) is 11.3 Å². The zero-order valence-corrected chi connectivity index (χ0v) is 12.6. The molecule has 3 N–H and O–H groups in total. The van der Waals surface area contributed by atoms with E-state index in [0.717, 1.165) is 11.6 Å². The van der Waals surface area contributed by atoms with E-state index in [2.05, 4.69) is 4.72 Å². The summed E-state index contributed by atoms with van der Waals surface area (Å²) in [4.78, 5) is 10.0. The van der Waals surface area contributed by atoms with Gasteiger partial charge in [0, 0.05) is 12.1 Å². The summed E-state index contributed by atoms with van der Waals surface area (Å²) in [6.45, 7) is 1.69. The lowest BCUT2D eigenvalue weighted by molar-refractivity contribution is -0.383. The maximum atomic E-state index is 12.2. The van der Waals surface area contributed by atoms with E-state index < -0.39 is 26.7 Å². The number of anilines is 1. The van der Waals surface area contributed by atoms with Crippen LogP contribution < -0.4 is 10.5 Å². The minimum Gasteiger partial charge on any atom is -0.385 e. The Kier molecular flexibility index (Phi) is 4.26. The molecule has 1 unspecified atom stereocenters. The van der Waals surface area contributed by atoms with E-state index in [1.807, 2.05) is 6.07 Å². The molecular formula is C12H13N3O4S2. The van der Waals surface area contributed by atoms with Crippen molar-refractivity contribution in [3.05, 3.63) is 52.1 Å². The number of nitro groups is 1. The van der Waals surface area contributed by atoms with Gasteiger partial charge in [0.1, 0.15) is 4.21 Å². The van der Waals surface area contributed by atoms with Crippen molar-refractivity contribution in [3.8, 4) is 0 Å². The van der Waals surface area contributed by atoms with Gasteiger partial charge >= 0.3 is 5.69 Å². The van der Waals surface area contributed by atoms with Crippen LogP contribution in [0.4, 0.5) is 10.7 Å². The Morgan fingerprint density at radius 2 is 1.95 bits per heavy atom. The summed E-state index contributed by atoms with van der Waals surface area (Å²) < 4.78 is 26.8. The molecule has 1 aromatic heterocycles. The van der Waals surface area contributed by atoms with Gasteiger partial charge in [0.2, 0.25) is 0 Å². The lowest BCUT2D eigenvalue weighted by atomic mass is 10.1. The fourth-order valence-electron chi connectivity index (χ4n) is 1.75.